The van der Waals surface area contributed by atoms with Gasteiger partial charge in [-0.15, -0.1) is 0 Å². The lowest BCUT2D eigenvalue weighted by Gasteiger charge is -2.25. The number of amides is 4. The fourth-order valence-corrected chi connectivity index (χ4v) is 4.77. The number of aromatic nitrogens is 1. The number of nitrogens with one attached hydrogen (secondary N) is 4. The summed E-state index contributed by atoms with van der Waals surface area (Å²) in [6, 6.07) is 11.6. The zero-order valence-corrected chi connectivity index (χ0v) is 24.3. The predicted octanol–water partition coefficient (Wildman–Crippen LogP) is 1.13. The Morgan fingerprint density at radius 2 is 1.42 bits per heavy atom. The summed E-state index contributed by atoms with van der Waals surface area (Å²) in [5.41, 5.74) is 13.7. The van der Waals surface area contributed by atoms with Crippen LogP contribution >= 0.6 is 0 Å². The summed E-state index contributed by atoms with van der Waals surface area (Å²) < 4.78 is 0. The van der Waals surface area contributed by atoms with E-state index in [9.17, 15) is 29.1 Å². The van der Waals surface area contributed by atoms with Crippen molar-refractivity contribution in [2.45, 2.75) is 70.1 Å². The molecule has 0 saturated heterocycles. The van der Waals surface area contributed by atoms with Crippen molar-refractivity contribution in [3.8, 4) is 0 Å². The van der Waals surface area contributed by atoms with Crippen LogP contribution in [-0.4, -0.2) is 63.9 Å². The fraction of sp³-hybridized carbons (Fsp3) is 0.387. The van der Waals surface area contributed by atoms with Gasteiger partial charge in [-0.3, -0.25) is 19.2 Å². The van der Waals surface area contributed by atoms with Gasteiger partial charge in [0, 0.05) is 36.4 Å². The number of carboxylic acids is 1. The lowest BCUT2D eigenvalue weighted by Crippen LogP contribution is -2.58. The molecular weight excluding hydrogens is 552 g/mol. The second kappa shape index (κ2) is 15.5. The first-order valence-corrected chi connectivity index (χ1v) is 14.2. The molecule has 1 aromatic heterocycles. The maximum atomic E-state index is 13.7. The highest BCUT2D eigenvalue weighted by molar-refractivity contribution is 5.95. The molecule has 230 valence electrons. The minimum absolute atomic E-state index is 0.00534. The molecule has 12 heteroatoms. The van der Waals surface area contributed by atoms with Gasteiger partial charge in [0.1, 0.15) is 18.1 Å². The molecule has 0 aliphatic carbocycles. The third kappa shape index (κ3) is 9.96. The van der Waals surface area contributed by atoms with E-state index >= 15 is 0 Å². The second-order valence-corrected chi connectivity index (χ2v) is 11.0. The summed E-state index contributed by atoms with van der Waals surface area (Å²) in [4.78, 5) is 66.6. The van der Waals surface area contributed by atoms with Gasteiger partial charge in [-0.2, -0.15) is 0 Å². The fourth-order valence-electron chi connectivity index (χ4n) is 4.77. The number of H-pyrrole nitrogens is 1. The second-order valence-electron chi connectivity index (χ2n) is 11.0. The van der Waals surface area contributed by atoms with Crippen LogP contribution in [-0.2, 0) is 36.8 Å². The first kappa shape index (κ1) is 32.8. The topological polar surface area (TPSA) is 209 Å². The summed E-state index contributed by atoms with van der Waals surface area (Å²) in [6.45, 7) is 3.85. The molecule has 4 atom stereocenters. The lowest BCUT2D eigenvalue weighted by atomic mass is 10.0. The number of rotatable bonds is 16. The Balaban J connectivity index is 1.83. The van der Waals surface area contributed by atoms with Gasteiger partial charge < -0.3 is 37.5 Å². The van der Waals surface area contributed by atoms with Gasteiger partial charge in [-0.25, -0.2) is 4.79 Å². The number of carboxylic acid groups (broad SMARTS) is 1. The normalized spacial score (nSPS) is 14.0. The van der Waals surface area contributed by atoms with Crippen molar-refractivity contribution in [1.82, 2.24) is 20.9 Å². The van der Waals surface area contributed by atoms with Crippen molar-refractivity contribution < 1.29 is 29.1 Å². The van der Waals surface area contributed by atoms with Gasteiger partial charge in [0.15, 0.2) is 0 Å². The molecule has 0 radical (unpaired) electrons. The van der Waals surface area contributed by atoms with Crippen LogP contribution in [0.5, 0.6) is 0 Å². The van der Waals surface area contributed by atoms with Crippen LogP contribution in [0.3, 0.4) is 0 Å². The van der Waals surface area contributed by atoms with E-state index in [-0.39, 0.29) is 31.6 Å². The maximum absolute atomic E-state index is 13.7. The van der Waals surface area contributed by atoms with E-state index in [0.29, 0.717) is 12.0 Å². The van der Waals surface area contributed by atoms with Crippen molar-refractivity contribution in [2.75, 3.05) is 0 Å². The molecule has 4 unspecified atom stereocenters. The van der Waals surface area contributed by atoms with Crippen LogP contribution in [0.25, 0.3) is 10.9 Å². The van der Waals surface area contributed by atoms with E-state index in [0.717, 1.165) is 16.5 Å². The first-order valence-electron chi connectivity index (χ1n) is 14.2. The quantitative estimate of drug-likeness (QED) is 0.129. The maximum Gasteiger partial charge on any atom is 0.326 e. The number of aromatic amines is 1. The number of aliphatic carboxylic acids is 1. The average Bonchev–Trinajstić information content (AvgIpc) is 3.37. The Morgan fingerprint density at radius 1 is 0.814 bits per heavy atom. The molecular formula is C31H40N6O6. The molecule has 3 aromatic rings. The molecule has 9 N–H and O–H groups in total. The zero-order valence-electron chi connectivity index (χ0n) is 24.3. The minimum Gasteiger partial charge on any atom is -0.480 e. The smallest absolute Gasteiger partial charge is 0.326 e. The van der Waals surface area contributed by atoms with Gasteiger partial charge in [-0.1, -0.05) is 62.4 Å². The summed E-state index contributed by atoms with van der Waals surface area (Å²) in [5, 5.41) is 18.4. The molecule has 12 nitrogen and oxygen atoms in total. The third-order valence-corrected chi connectivity index (χ3v) is 7.00. The van der Waals surface area contributed by atoms with Crippen molar-refractivity contribution >= 4 is 40.5 Å². The van der Waals surface area contributed by atoms with Crippen molar-refractivity contribution in [3.63, 3.8) is 0 Å². The van der Waals surface area contributed by atoms with E-state index in [2.05, 4.69) is 20.9 Å². The van der Waals surface area contributed by atoms with Gasteiger partial charge in [0.25, 0.3) is 0 Å². The summed E-state index contributed by atoms with van der Waals surface area (Å²) >= 11 is 0. The predicted molar refractivity (Wildman–Crippen MR) is 161 cm³/mol. The molecule has 0 aliphatic heterocycles. The Labute approximate surface area is 250 Å². The van der Waals surface area contributed by atoms with E-state index in [1.54, 1.807) is 36.5 Å². The summed E-state index contributed by atoms with van der Waals surface area (Å²) in [6.07, 6.45) is 1.80. The highest BCUT2D eigenvalue weighted by atomic mass is 16.4. The lowest BCUT2D eigenvalue weighted by molar-refractivity contribution is -0.142. The molecule has 43 heavy (non-hydrogen) atoms. The summed E-state index contributed by atoms with van der Waals surface area (Å²) in [7, 11) is 0. The molecule has 3 rings (SSSR count). The van der Waals surface area contributed by atoms with Crippen molar-refractivity contribution in [2.24, 2.45) is 17.4 Å². The van der Waals surface area contributed by atoms with Crippen LogP contribution in [0.1, 0.15) is 44.2 Å². The Bertz CT molecular complexity index is 1420. The molecule has 4 amide bonds. The minimum atomic E-state index is -1.30. The largest absolute Gasteiger partial charge is 0.480 e. The highest BCUT2D eigenvalue weighted by Gasteiger charge is 2.31. The Kier molecular flexibility index (Phi) is 11.8. The third-order valence-electron chi connectivity index (χ3n) is 7.00. The van der Waals surface area contributed by atoms with Crippen LogP contribution in [0.2, 0.25) is 0 Å². The molecule has 1 heterocycles. The van der Waals surface area contributed by atoms with Gasteiger partial charge in [0.05, 0.1) is 6.04 Å². The van der Waals surface area contributed by atoms with E-state index in [1.807, 2.05) is 38.1 Å². The number of hydrogen-bond acceptors (Lipinski definition) is 6. The van der Waals surface area contributed by atoms with Crippen LogP contribution in [0, 0.1) is 5.92 Å². The van der Waals surface area contributed by atoms with Gasteiger partial charge in [0.2, 0.25) is 23.6 Å². The highest BCUT2D eigenvalue weighted by Crippen LogP contribution is 2.19. The zero-order chi connectivity index (χ0) is 31.5. The first-order chi connectivity index (χ1) is 20.4. The van der Waals surface area contributed by atoms with Crippen molar-refractivity contribution in [1.29, 1.82) is 0 Å². The van der Waals surface area contributed by atoms with Gasteiger partial charge in [-0.05, 0) is 36.0 Å². The molecule has 0 fully saturated rings. The number of fused-ring (bicyclic) bond motifs is 1. The number of carbonyl (C=O) groups excluding carboxylic acids is 4. The average molecular weight is 593 g/mol. The van der Waals surface area contributed by atoms with Crippen LogP contribution < -0.4 is 27.4 Å². The Morgan fingerprint density at radius 3 is 2.07 bits per heavy atom. The molecule has 0 bridgehead atoms. The number of benzene rings is 2. The SMILES string of the molecule is CC(C)CC(N)C(=O)NC(Cc1c[nH]c2ccccc12)C(=O)NC(CCC(N)=O)C(=O)NC(Cc1ccccc1)C(=O)O. The van der Waals surface area contributed by atoms with Crippen LogP contribution in [0.4, 0.5) is 0 Å². The van der Waals surface area contributed by atoms with Gasteiger partial charge >= 0.3 is 5.97 Å². The number of primary amides is 1. The van der Waals surface area contributed by atoms with Crippen LogP contribution in [0.15, 0.2) is 60.8 Å². The van der Waals surface area contributed by atoms with E-state index in [4.69, 9.17) is 11.5 Å². The van der Waals surface area contributed by atoms with E-state index < -0.39 is 53.8 Å². The molecule has 0 aliphatic rings. The number of para-hydroxylation sites is 1. The number of nitrogens with two attached hydrogens (primary N) is 2. The number of carbonyl (C=O) groups is 5. The molecule has 2 aromatic carbocycles. The summed E-state index contributed by atoms with van der Waals surface area (Å²) in [5.74, 6) is -3.85. The monoisotopic (exact) mass is 592 g/mol. The van der Waals surface area contributed by atoms with E-state index in [1.165, 1.54) is 0 Å². The standard InChI is InChI=1S/C31H40N6O6/c1-18(2)14-22(32)28(39)36-25(16-20-17-34-23-11-7-6-10-21(20)23)30(41)35-24(12-13-27(33)38)29(40)37-26(31(42)43)15-19-8-4-3-5-9-19/h3-11,17-18,22,24-26,34H,12-16,32H2,1-2H3,(H2,33,38)(H,35,41)(H,36,39)(H,37,40)(H,42,43). The molecule has 0 spiro atoms. The number of hydrogen-bond donors (Lipinski definition) is 7. The molecule has 0 saturated carbocycles. The van der Waals surface area contributed by atoms with Crippen molar-refractivity contribution in [3.05, 3.63) is 71.9 Å². The Hall–Kier alpha value is -4.71.